The molecule has 0 fully saturated rings. The van der Waals surface area contributed by atoms with E-state index in [0.717, 1.165) is 11.3 Å². The fourth-order valence-electron chi connectivity index (χ4n) is 1.23. The molecule has 0 aliphatic heterocycles. The Labute approximate surface area is 95.1 Å². The second kappa shape index (κ2) is 5.66. The van der Waals surface area contributed by atoms with Crippen LogP contribution in [0.25, 0.3) is 11.3 Å². The van der Waals surface area contributed by atoms with Crippen molar-refractivity contribution >= 4 is 0 Å². The van der Waals surface area contributed by atoms with Gasteiger partial charge in [-0.1, -0.05) is 31.2 Å². The molecule has 16 heavy (non-hydrogen) atoms. The second-order valence-corrected chi connectivity index (χ2v) is 2.97. The number of rotatable bonds is 1. The van der Waals surface area contributed by atoms with Crippen molar-refractivity contribution in [1.82, 2.24) is 15.0 Å². The third kappa shape index (κ3) is 2.67. The summed E-state index contributed by atoms with van der Waals surface area (Å²) in [5, 5.41) is 16.5. The molecule has 0 saturated heterocycles. The lowest BCUT2D eigenvalue weighted by molar-refractivity contribution is 0.715. The highest BCUT2D eigenvalue weighted by molar-refractivity contribution is 5.59. The molecule has 2 aromatic rings. The molecule has 0 amide bonds. The van der Waals surface area contributed by atoms with Gasteiger partial charge >= 0.3 is 0 Å². The lowest BCUT2D eigenvalue weighted by atomic mass is 10.1. The van der Waals surface area contributed by atoms with E-state index in [4.69, 9.17) is 5.26 Å². The topological polar surface area (TPSA) is 54.5 Å². The van der Waals surface area contributed by atoms with Gasteiger partial charge in [-0.15, -0.1) is 5.10 Å². The van der Waals surface area contributed by atoms with Crippen LogP contribution in [0.2, 0.25) is 0 Å². The van der Waals surface area contributed by atoms with Crippen LogP contribution >= 0.6 is 0 Å². The smallest absolute Gasteiger partial charge is 0.113 e. The number of aryl methyl sites for hydroxylation is 1. The fraction of sp³-hybridized carbons (Fsp3) is 0.250. The first-order valence-corrected chi connectivity index (χ1v) is 5.16. The molecule has 0 radical (unpaired) electrons. The van der Waals surface area contributed by atoms with Crippen LogP contribution in [0.1, 0.15) is 19.4 Å². The van der Waals surface area contributed by atoms with Crippen molar-refractivity contribution < 1.29 is 0 Å². The summed E-state index contributed by atoms with van der Waals surface area (Å²) in [5.41, 5.74) is 2.33. The van der Waals surface area contributed by atoms with E-state index in [1.165, 1.54) is 0 Å². The lowest BCUT2D eigenvalue weighted by Gasteiger charge is -1.94. The zero-order chi connectivity index (χ0) is 12.0. The predicted molar refractivity (Wildman–Crippen MR) is 62.5 cm³/mol. The minimum atomic E-state index is 0.633. The van der Waals surface area contributed by atoms with E-state index in [2.05, 4.69) is 16.4 Å². The molecule has 0 aliphatic rings. The maximum Gasteiger partial charge on any atom is 0.113 e. The minimum Gasteiger partial charge on any atom is -0.255 e. The van der Waals surface area contributed by atoms with Crippen LogP contribution in [0, 0.1) is 11.3 Å². The average molecular weight is 214 g/mol. The Balaban J connectivity index is 0.000000606. The number of benzene rings is 1. The number of nitrogens with zero attached hydrogens (tertiary/aromatic N) is 4. The molecule has 0 spiro atoms. The molecular formula is C12H14N4. The van der Waals surface area contributed by atoms with Crippen LogP contribution in [0.4, 0.5) is 0 Å². The lowest BCUT2D eigenvalue weighted by Crippen LogP contribution is -1.85. The highest BCUT2D eigenvalue weighted by atomic mass is 15.4. The average Bonchev–Trinajstić information content (AvgIpc) is 2.79. The van der Waals surface area contributed by atoms with Crippen molar-refractivity contribution in [2.24, 2.45) is 7.05 Å². The van der Waals surface area contributed by atoms with Gasteiger partial charge in [0, 0.05) is 12.6 Å². The highest BCUT2D eigenvalue weighted by Crippen LogP contribution is 2.16. The Bertz CT molecular complexity index is 494. The van der Waals surface area contributed by atoms with E-state index < -0.39 is 0 Å². The molecular weight excluding hydrogens is 200 g/mol. The number of hydrogen-bond donors (Lipinski definition) is 0. The molecule has 4 nitrogen and oxygen atoms in total. The van der Waals surface area contributed by atoms with Crippen LogP contribution < -0.4 is 0 Å². The normalized spacial score (nSPS) is 8.88. The summed E-state index contributed by atoms with van der Waals surface area (Å²) in [6.45, 7) is 4.00. The third-order valence-corrected chi connectivity index (χ3v) is 1.89. The molecule has 0 atom stereocenters. The quantitative estimate of drug-likeness (QED) is 0.732. The van der Waals surface area contributed by atoms with Gasteiger partial charge in [-0.05, 0) is 12.1 Å². The van der Waals surface area contributed by atoms with Crippen LogP contribution in [0.5, 0.6) is 0 Å². The minimum absolute atomic E-state index is 0.633. The van der Waals surface area contributed by atoms with Crippen molar-refractivity contribution in [3.8, 4) is 17.3 Å². The molecule has 1 aromatic heterocycles. The maximum atomic E-state index is 8.72. The van der Waals surface area contributed by atoms with Gasteiger partial charge in [0.2, 0.25) is 0 Å². The summed E-state index contributed by atoms with van der Waals surface area (Å²) < 4.78 is 1.63. The Morgan fingerprint density at radius 3 is 2.62 bits per heavy atom. The molecule has 0 N–H and O–H groups in total. The number of aromatic nitrogens is 3. The summed E-state index contributed by atoms with van der Waals surface area (Å²) in [7, 11) is 1.81. The molecule has 0 aliphatic carbocycles. The van der Waals surface area contributed by atoms with Crippen molar-refractivity contribution in [1.29, 1.82) is 5.26 Å². The Hall–Kier alpha value is -2.15. The van der Waals surface area contributed by atoms with Gasteiger partial charge in [-0.3, -0.25) is 4.68 Å². The van der Waals surface area contributed by atoms with E-state index in [1.807, 2.05) is 39.2 Å². The molecule has 0 saturated carbocycles. The Morgan fingerprint density at radius 2 is 2.06 bits per heavy atom. The summed E-state index contributed by atoms with van der Waals surface area (Å²) in [6, 6.07) is 9.39. The molecule has 4 heteroatoms. The van der Waals surface area contributed by atoms with Crippen molar-refractivity contribution in [3.05, 3.63) is 36.0 Å². The van der Waals surface area contributed by atoms with Crippen LogP contribution in [0.15, 0.2) is 30.5 Å². The van der Waals surface area contributed by atoms with Gasteiger partial charge in [-0.25, -0.2) is 0 Å². The van der Waals surface area contributed by atoms with E-state index in [9.17, 15) is 0 Å². The maximum absolute atomic E-state index is 8.72. The van der Waals surface area contributed by atoms with Gasteiger partial charge in [0.1, 0.15) is 5.69 Å². The Morgan fingerprint density at radius 1 is 1.31 bits per heavy atom. The molecule has 0 unspecified atom stereocenters. The first-order valence-electron chi connectivity index (χ1n) is 5.16. The van der Waals surface area contributed by atoms with Crippen LogP contribution in [-0.2, 0) is 7.05 Å². The van der Waals surface area contributed by atoms with Gasteiger partial charge in [0.15, 0.2) is 0 Å². The fourth-order valence-corrected chi connectivity index (χ4v) is 1.23. The summed E-state index contributed by atoms with van der Waals surface area (Å²) in [4.78, 5) is 0. The molecule has 2 rings (SSSR count). The number of nitriles is 1. The van der Waals surface area contributed by atoms with Gasteiger partial charge in [-0.2, -0.15) is 5.26 Å². The van der Waals surface area contributed by atoms with E-state index >= 15 is 0 Å². The Kier molecular flexibility index (Phi) is 4.22. The first kappa shape index (κ1) is 11.9. The summed E-state index contributed by atoms with van der Waals surface area (Å²) in [5.74, 6) is 0. The van der Waals surface area contributed by atoms with Gasteiger partial charge in [0.25, 0.3) is 0 Å². The van der Waals surface area contributed by atoms with E-state index in [0.29, 0.717) is 5.56 Å². The van der Waals surface area contributed by atoms with Crippen LogP contribution in [-0.4, -0.2) is 15.0 Å². The van der Waals surface area contributed by atoms with Crippen molar-refractivity contribution in [2.45, 2.75) is 13.8 Å². The monoisotopic (exact) mass is 214 g/mol. The first-order chi connectivity index (χ1) is 7.79. The summed E-state index contributed by atoms with van der Waals surface area (Å²) in [6.07, 6.45) is 1.82. The van der Waals surface area contributed by atoms with Crippen molar-refractivity contribution in [2.75, 3.05) is 0 Å². The molecule has 1 aromatic carbocycles. The van der Waals surface area contributed by atoms with Crippen LogP contribution in [0.3, 0.4) is 0 Å². The molecule has 82 valence electrons. The standard InChI is InChI=1S/C10H8N4.C2H6/c1-14-7-10(12-13-14)9-4-2-3-8(5-9)6-11;1-2/h2-5,7H,1H3;1-2H3. The van der Waals surface area contributed by atoms with Gasteiger partial charge in [0.05, 0.1) is 17.8 Å². The zero-order valence-electron chi connectivity index (χ0n) is 9.68. The number of hydrogen-bond acceptors (Lipinski definition) is 3. The van der Waals surface area contributed by atoms with E-state index in [-0.39, 0.29) is 0 Å². The third-order valence-electron chi connectivity index (χ3n) is 1.89. The summed E-state index contributed by atoms with van der Waals surface area (Å²) >= 11 is 0. The van der Waals surface area contributed by atoms with E-state index in [1.54, 1.807) is 16.8 Å². The largest absolute Gasteiger partial charge is 0.255 e. The highest BCUT2D eigenvalue weighted by Gasteiger charge is 2.02. The second-order valence-electron chi connectivity index (χ2n) is 2.97. The predicted octanol–water partition coefficient (Wildman–Crippen LogP) is 2.38. The van der Waals surface area contributed by atoms with Gasteiger partial charge < -0.3 is 0 Å². The van der Waals surface area contributed by atoms with Crippen molar-refractivity contribution in [3.63, 3.8) is 0 Å². The SMILES string of the molecule is CC.Cn1cc(-c2cccc(C#N)c2)nn1. The molecule has 1 heterocycles. The molecule has 0 bridgehead atoms. The zero-order valence-corrected chi connectivity index (χ0v) is 9.68.